The predicted octanol–water partition coefficient (Wildman–Crippen LogP) is 2.91. The third kappa shape index (κ3) is 6.12. The SMILES string of the molecule is COc1ccc(CCC(C)NC(=O)c2cccc(OCC(=O)O)c2)cc1. The van der Waals surface area contributed by atoms with Crippen LogP contribution in [0, 0.1) is 0 Å². The Labute approximate surface area is 152 Å². The number of carboxylic acids is 1. The standard InChI is InChI=1S/C20H23NO5/c1-14(6-7-15-8-10-17(25-2)11-9-15)21-20(24)16-4-3-5-18(12-16)26-13-19(22)23/h3-5,8-12,14H,6-7,13H2,1-2H3,(H,21,24)(H,22,23). The van der Waals surface area contributed by atoms with Crippen molar-refractivity contribution in [1.82, 2.24) is 5.32 Å². The van der Waals surface area contributed by atoms with E-state index in [2.05, 4.69) is 5.32 Å². The maximum Gasteiger partial charge on any atom is 0.341 e. The minimum atomic E-state index is -1.06. The number of aliphatic carboxylic acids is 1. The summed E-state index contributed by atoms with van der Waals surface area (Å²) < 4.78 is 10.2. The molecule has 6 nitrogen and oxygen atoms in total. The molecule has 0 aliphatic rings. The zero-order valence-electron chi connectivity index (χ0n) is 14.9. The van der Waals surface area contributed by atoms with Crippen LogP contribution in [0.15, 0.2) is 48.5 Å². The van der Waals surface area contributed by atoms with Crippen molar-refractivity contribution in [3.05, 3.63) is 59.7 Å². The van der Waals surface area contributed by atoms with Crippen molar-refractivity contribution in [2.45, 2.75) is 25.8 Å². The highest BCUT2D eigenvalue weighted by Crippen LogP contribution is 2.15. The van der Waals surface area contributed by atoms with Crippen LogP contribution in [0.5, 0.6) is 11.5 Å². The van der Waals surface area contributed by atoms with Gasteiger partial charge in [0.1, 0.15) is 11.5 Å². The number of rotatable bonds is 9. The number of carbonyl (C=O) groups is 2. The molecule has 6 heteroatoms. The van der Waals surface area contributed by atoms with Gasteiger partial charge in [-0.05, 0) is 55.7 Å². The number of ether oxygens (including phenoxy) is 2. The number of carbonyl (C=O) groups excluding carboxylic acids is 1. The highest BCUT2D eigenvalue weighted by atomic mass is 16.5. The van der Waals surface area contributed by atoms with Gasteiger partial charge < -0.3 is 19.9 Å². The van der Waals surface area contributed by atoms with Gasteiger partial charge in [-0.15, -0.1) is 0 Å². The average Bonchev–Trinajstić information content (AvgIpc) is 2.65. The van der Waals surface area contributed by atoms with E-state index in [-0.39, 0.29) is 11.9 Å². The van der Waals surface area contributed by atoms with Crippen LogP contribution >= 0.6 is 0 Å². The Kier molecular flexibility index (Phi) is 7.02. The van der Waals surface area contributed by atoms with Gasteiger partial charge in [-0.25, -0.2) is 4.79 Å². The summed E-state index contributed by atoms with van der Waals surface area (Å²) in [6, 6.07) is 14.3. The lowest BCUT2D eigenvalue weighted by Gasteiger charge is -2.14. The third-order valence-electron chi connectivity index (χ3n) is 3.86. The second-order valence-electron chi connectivity index (χ2n) is 5.97. The molecule has 0 aliphatic carbocycles. The van der Waals surface area contributed by atoms with Crippen LogP contribution in [0.3, 0.4) is 0 Å². The molecule has 138 valence electrons. The van der Waals surface area contributed by atoms with Gasteiger partial charge in [0.15, 0.2) is 6.61 Å². The summed E-state index contributed by atoms with van der Waals surface area (Å²) in [4.78, 5) is 22.9. The smallest absolute Gasteiger partial charge is 0.341 e. The molecule has 2 aromatic carbocycles. The summed E-state index contributed by atoms with van der Waals surface area (Å²) in [7, 11) is 1.63. The molecular formula is C20H23NO5. The monoisotopic (exact) mass is 357 g/mol. The van der Waals surface area contributed by atoms with Gasteiger partial charge in [-0.3, -0.25) is 4.79 Å². The molecule has 2 rings (SSSR count). The molecule has 0 spiro atoms. The number of hydrogen-bond donors (Lipinski definition) is 2. The van der Waals surface area contributed by atoms with Crippen molar-refractivity contribution < 1.29 is 24.2 Å². The minimum Gasteiger partial charge on any atom is -0.497 e. The van der Waals surface area contributed by atoms with E-state index in [0.717, 1.165) is 18.6 Å². The number of benzene rings is 2. The van der Waals surface area contributed by atoms with E-state index in [9.17, 15) is 9.59 Å². The summed E-state index contributed by atoms with van der Waals surface area (Å²) in [6.07, 6.45) is 1.64. The second kappa shape index (κ2) is 9.46. The van der Waals surface area contributed by atoms with E-state index in [1.165, 1.54) is 11.6 Å². The molecule has 0 saturated carbocycles. The van der Waals surface area contributed by atoms with Gasteiger partial charge in [0.25, 0.3) is 5.91 Å². The Balaban J connectivity index is 1.85. The molecule has 0 bridgehead atoms. The van der Waals surface area contributed by atoms with Crippen molar-refractivity contribution in [3.63, 3.8) is 0 Å². The van der Waals surface area contributed by atoms with E-state index in [0.29, 0.717) is 11.3 Å². The third-order valence-corrected chi connectivity index (χ3v) is 3.86. The minimum absolute atomic E-state index is 0.00630. The molecule has 0 heterocycles. The fourth-order valence-electron chi connectivity index (χ4n) is 2.43. The Morgan fingerprint density at radius 3 is 2.50 bits per heavy atom. The van der Waals surface area contributed by atoms with Crippen molar-refractivity contribution in [2.75, 3.05) is 13.7 Å². The van der Waals surface area contributed by atoms with Gasteiger partial charge in [0.2, 0.25) is 0 Å². The van der Waals surface area contributed by atoms with Crippen LogP contribution in [0.1, 0.15) is 29.3 Å². The van der Waals surface area contributed by atoms with Gasteiger partial charge in [0, 0.05) is 11.6 Å². The highest BCUT2D eigenvalue weighted by molar-refractivity contribution is 5.94. The molecule has 0 saturated heterocycles. The first kappa shape index (κ1) is 19.3. The summed E-state index contributed by atoms with van der Waals surface area (Å²) in [5.74, 6) is -0.106. The predicted molar refractivity (Wildman–Crippen MR) is 97.8 cm³/mol. The molecule has 1 unspecified atom stereocenters. The first-order valence-corrected chi connectivity index (χ1v) is 8.36. The topological polar surface area (TPSA) is 84.9 Å². The van der Waals surface area contributed by atoms with E-state index in [1.807, 2.05) is 31.2 Å². The number of hydrogen-bond acceptors (Lipinski definition) is 4. The van der Waals surface area contributed by atoms with Crippen LogP contribution in [0.2, 0.25) is 0 Å². The lowest BCUT2D eigenvalue weighted by Crippen LogP contribution is -2.32. The van der Waals surface area contributed by atoms with Crippen molar-refractivity contribution in [2.24, 2.45) is 0 Å². The van der Waals surface area contributed by atoms with E-state index in [1.54, 1.807) is 25.3 Å². The van der Waals surface area contributed by atoms with E-state index >= 15 is 0 Å². The van der Waals surface area contributed by atoms with Gasteiger partial charge in [0.05, 0.1) is 7.11 Å². The van der Waals surface area contributed by atoms with Crippen LogP contribution < -0.4 is 14.8 Å². The van der Waals surface area contributed by atoms with Gasteiger partial charge in [-0.1, -0.05) is 18.2 Å². The quantitative estimate of drug-likeness (QED) is 0.721. The van der Waals surface area contributed by atoms with E-state index in [4.69, 9.17) is 14.6 Å². The zero-order chi connectivity index (χ0) is 18.9. The van der Waals surface area contributed by atoms with Crippen LogP contribution in [-0.2, 0) is 11.2 Å². The molecule has 1 amide bonds. The summed E-state index contributed by atoms with van der Waals surface area (Å²) in [6.45, 7) is 1.51. The number of methoxy groups -OCH3 is 1. The first-order chi connectivity index (χ1) is 12.5. The van der Waals surface area contributed by atoms with Gasteiger partial charge in [-0.2, -0.15) is 0 Å². The maximum atomic E-state index is 12.3. The van der Waals surface area contributed by atoms with Crippen LogP contribution in [0.4, 0.5) is 0 Å². The molecule has 26 heavy (non-hydrogen) atoms. The largest absolute Gasteiger partial charge is 0.497 e. The van der Waals surface area contributed by atoms with Crippen molar-refractivity contribution in [1.29, 1.82) is 0 Å². The lowest BCUT2D eigenvalue weighted by molar-refractivity contribution is -0.139. The van der Waals surface area contributed by atoms with E-state index < -0.39 is 12.6 Å². The number of amides is 1. The normalized spacial score (nSPS) is 11.5. The van der Waals surface area contributed by atoms with Crippen LogP contribution in [0.25, 0.3) is 0 Å². The number of aryl methyl sites for hydroxylation is 1. The summed E-state index contributed by atoms with van der Waals surface area (Å²) >= 11 is 0. The second-order valence-corrected chi connectivity index (χ2v) is 5.97. The molecule has 1 atom stereocenters. The summed E-state index contributed by atoms with van der Waals surface area (Å²) in [5.41, 5.74) is 1.61. The summed E-state index contributed by atoms with van der Waals surface area (Å²) in [5, 5.41) is 11.6. The van der Waals surface area contributed by atoms with Crippen molar-refractivity contribution >= 4 is 11.9 Å². The fraction of sp³-hybridized carbons (Fsp3) is 0.300. The molecule has 0 radical (unpaired) electrons. The van der Waals surface area contributed by atoms with Crippen LogP contribution in [-0.4, -0.2) is 36.7 Å². The fourth-order valence-corrected chi connectivity index (χ4v) is 2.43. The Morgan fingerprint density at radius 1 is 1.12 bits per heavy atom. The van der Waals surface area contributed by atoms with Gasteiger partial charge >= 0.3 is 5.97 Å². The lowest BCUT2D eigenvalue weighted by atomic mass is 10.1. The van der Waals surface area contributed by atoms with Crippen molar-refractivity contribution in [3.8, 4) is 11.5 Å². The average molecular weight is 357 g/mol. The Bertz CT molecular complexity index is 742. The highest BCUT2D eigenvalue weighted by Gasteiger charge is 2.11. The molecule has 0 fully saturated rings. The Hall–Kier alpha value is -3.02. The number of carboxylic acid groups (broad SMARTS) is 1. The Morgan fingerprint density at radius 2 is 1.85 bits per heavy atom. The molecular weight excluding hydrogens is 334 g/mol. The number of nitrogens with one attached hydrogen (secondary N) is 1. The first-order valence-electron chi connectivity index (χ1n) is 8.36. The zero-order valence-corrected chi connectivity index (χ0v) is 14.9. The maximum absolute atomic E-state index is 12.3. The molecule has 0 aromatic heterocycles. The molecule has 0 aliphatic heterocycles. The molecule has 2 aromatic rings. The molecule has 2 N–H and O–H groups in total.